The van der Waals surface area contributed by atoms with Crippen molar-refractivity contribution in [3.8, 4) is 12.3 Å². The lowest BCUT2D eigenvalue weighted by molar-refractivity contribution is -0.139. The third kappa shape index (κ3) is 1.05. The molecule has 48 valence electrons. The molecule has 0 saturated carbocycles. The first-order valence-corrected chi connectivity index (χ1v) is 2.89. The monoisotopic (exact) mass is 124 g/mol. The van der Waals surface area contributed by atoms with E-state index in [2.05, 4.69) is 5.92 Å². The summed E-state index contributed by atoms with van der Waals surface area (Å²) in [7, 11) is 0. The topological polar surface area (TPSA) is 26.3 Å². The molecule has 0 aromatic heterocycles. The summed E-state index contributed by atoms with van der Waals surface area (Å²) in [6, 6.07) is 0. The maximum absolute atomic E-state index is 10.5. The van der Waals surface area contributed by atoms with Crippen molar-refractivity contribution in [1.82, 2.24) is 0 Å². The van der Waals surface area contributed by atoms with Crippen molar-refractivity contribution in [1.29, 1.82) is 0 Å². The van der Waals surface area contributed by atoms with Crippen LogP contribution in [-0.4, -0.2) is 12.1 Å². The van der Waals surface area contributed by atoms with E-state index in [1.54, 1.807) is 0 Å². The molecular formula is C7H8O2. The molecule has 2 atom stereocenters. The van der Waals surface area contributed by atoms with Gasteiger partial charge in [-0.05, 0) is 0 Å². The Labute approximate surface area is 54.2 Å². The Morgan fingerprint density at radius 2 is 2.56 bits per heavy atom. The fourth-order valence-corrected chi connectivity index (χ4v) is 0.874. The Balaban J connectivity index is 2.60. The number of carbonyl (C=O) groups is 1. The fraction of sp³-hybridized carbons (Fsp3) is 0.571. The second-order valence-electron chi connectivity index (χ2n) is 2.26. The van der Waals surface area contributed by atoms with Crippen LogP contribution in [0.1, 0.15) is 13.3 Å². The average molecular weight is 124 g/mol. The molecule has 2 heteroatoms. The van der Waals surface area contributed by atoms with Crippen LogP contribution in [0.3, 0.4) is 0 Å². The lowest BCUT2D eigenvalue weighted by Gasteiger charge is -2.02. The zero-order chi connectivity index (χ0) is 6.85. The van der Waals surface area contributed by atoms with Crippen LogP contribution in [-0.2, 0) is 9.53 Å². The standard InChI is InChI=1S/C7H8O2/c1-3-6-5(2)4-7(8)9-6/h1,5-6H,4H2,2H3. The minimum Gasteiger partial charge on any atom is -0.449 e. The molecule has 1 saturated heterocycles. The van der Waals surface area contributed by atoms with Gasteiger partial charge in [0.1, 0.15) is 0 Å². The third-order valence-corrected chi connectivity index (χ3v) is 1.43. The summed E-state index contributed by atoms with van der Waals surface area (Å²) >= 11 is 0. The average Bonchev–Trinajstić information content (AvgIpc) is 2.10. The van der Waals surface area contributed by atoms with Crippen LogP contribution in [0.5, 0.6) is 0 Å². The van der Waals surface area contributed by atoms with Crippen molar-refractivity contribution in [2.45, 2.75) is 19.4 Å². The Morgan fingerprint density at radius 1 is 1.89 bits per heavy atom. The van der Waals surface area contributed by atoms with E-state index in [1.807, 2.05) is 6.92 Å². The van der Waals surface area contributed by atoms with Crippen molar-refractivity contribution < 1.29 is 9.53 Å². The highest BCUT2D eigenvalue weighted by Gasteiger charge is 2.29. The first-order chi connectivity index (χ1) is 4.24. The molecule has 0 spiro atoms. The van der Waals surface area contributed by atoms with E-state index in [0.29, 0.717) is 6.42 Å². The van der Waals surface area contributed by atoms with E-state index in [1.165, 1.54) is 0 Å². The van der Waals surface area contributed by atoms with Gasteiger partial charge < -0.3 is 4.74 Å². The minimum atomic E-state index is -0.280. The maximum Gasteiger partial charge on any atom is 0.307 e. The number of esters is 1. The highest BCUT2D eigenvalue weighted by Crippen LogP contribution is 2.19. The van der Waals surface area contributed by atoms with Gasteiger partial charge in [-0.25, -0.2) is 0 Å². The predicted molar refractivity (Wildman–Crippen MR) is 32.5 cm³/mol. The van der Waals surface area contributed by atoms with Crippen LogP contribution >= 0.6 is 0 Å². The van der Waals surface area contributed by atoms with Gasteiger partial charge in [-0.1, -0.05) is 12.8 Å². The lowest BCUT2D eigenvalue weighted by atomic mass is 10.1. The van der Waals surface area contributed by atoms with Crippen molar-refractivity contribution in [2.24, 2.45) is 5.92 Å². The van der Waals surface area contributed by atoms with Gasteiger partial charge in [0.2, 0.25) is 0 Å². The van der Waals surface area contributed by atoms with Gasteiger partial charge >= 0.3 is 5.97 Å². The maximum atomic E-state index is 10.5. The normalized spacial score (nSPS) is 33.6. The van der Waals surface area contributed by atoms with Crippen LogP contribution in [0.15, 0.2) is 0 Å². The zero-order valence-corrected chi connectivity index (χ0v) is 5.26. The number of cyclic esters (lactones) is 1. The van der Waals surface area contributed by atoms with Crippen molar-refractivity contribution in [2.75, 3.05) is 0 Å². The SMILES string of the molecule is C#CC1OC(=O)CC1C. The Kier molecular flexibility index (Phi) is 1.44. The number of hydrogen-bond donors (Lipinski definition) is 0. The van der Waals surface area contributed by atoms with Crippen LogP contribution in [0, 0.1) is 18.3 Å². The predicted octanol–water partition coefficient (Wildman–Crippen LogP) is 0.571. The molecule has 0 N–H and O–H groups in total. The first-order valence-electron chi connectivity index (χ1n) is 2.89. The second kappa shape index (κ2) is 2.10. The van der Waals surface area contributed by atoms with Gasteiger partial charge in [-0.2, -0.15) is 0 Å². The molecule has 1 rings (SSSR count). The van der Waals surface area contributed by atoms with E-state index in [-0.39, 0.29) is 18.0 Å². The molecule has 2 unspecified atom stereocenters. The molecule has 0 radical (unpaired) electrons. The molecule has 1 aliphatic heterocycles. The number of carbonyl (C=O) groups excluding carboxylic acids is 1. The number of hydrogen-bond acceptors (Lipinski definition) is 2. The molecule has 0 aromatic carbocycles. The van der Waals surface area contributed by atoms with E-state index in [9.17, 15) is 4.79 Å². The molecule has 0 aromatic rings. The van der Waals surface area contributed by atoms with Gasteiger partial charge in [0.15, 0.2) is 6.10 Å². The lowest BCUT2D eigenvalue weighted by Crippen LogP contribution is -2.09. The molecule has 2 nitrogen and oxygen atoms in total. The van der Waals surface area contributed by atoms with Crippen molar-refractivity contribution in [3.63, 3.8) is 0 Å². The Bertz CT molecular complexity index is 166. The Hall–Kier alpha value is -0.970. The highest BCUT2D eigenvalue weighted by atomic mass is 16.5. The molecule has 1 fully saturated rings. The molecule has 1 aliphatic rings. The van der Waals surface area contributed by atoms with Crippen molar-refractivity contribution in [3.05, 3.63) is 0 Å². The summed E-state index contributed by atoms with van der Waals surface area (Å²) in [5, 5.41) is 0. The third-order valence-electron chi connectivity index (χ3n) is 1.43. The van der Waals surface area contributed by atoms with Gasteiger partial charge in [-0.15, -0.1) is 6.42 Å². The van der Waals surface area contributed by atoms with Crippen LogP contribution in [0.4, 0.5) is 0 Å². The molecule has 0 aliphatic carbocycles. The summed E-state index contributed by atoms with van der Waals surface area (Å²) in [6.45, 7) is 1.91. The van der Waals surface area contributed by atoms with Gasteiger partial charge in [0.25, 0.3) is 0 Å². The summed E-state index contributed by atoms with van der Waals surface area (Å²) in [6.07, 6.45) is 5.25. The molecule has 9 heavy (non-hydrogen) atoms. The number of ether oxygens (including phenoxy) is 1. The fourth-order valence-electron chi connectivity index (χ4n) is 0.874. The summed E-state index contributed by atoms with van der Waals surface area (Å²) < 4.78 is 4.75. The van der Waals surface area contributed by atoms with Crippen LogP contribution in [0.2, 0.25) is 0 Å². The quantitative estimate of drug-likeness (QED) is 0.348. The number of terminal acetylenes is 1. The highest BCUT2D eigenvalue weighted by molar-refractivity contribution is 5.72. The van der Waals surface area contributed by atoms with Gasteiger partial charge in [0, 0.05) is 5.92 Å². The molecule has 0 amide bonds. The number of rotatable bonds is 0. The summed E-state index contributed by atoms with van der Waals surface area (Å²) in [5.74, 6) is 2.42. The minimum absolute atomic E-state index is 0.176. The zero-order valence-electron chi connectivity index (χ0n) is 5.26. The van der Waals surface area contributed by atoms with Crippen LogP contribution < -0.4 is 0 Å². The van der Waals surface area contributed by atoms with E-state index in [0.717, 1.165) is 0 Å². The molecule has 1 heterocycles. The van der Waals surface area contributed by atoms with Gasteiger partial charge in [0.05, 0.1) is 6.42 Å². The van der Waals surface area contributed by atoms with E-state index < -0.39 is 0 Å². The van der Waals surface area contributed by atoms with E-state index in [4.69, 9.17) is 11.2 Å². The summed E-state index contributed by atoms with van der Waals surface area (Å²) in [4.78, 5) is 10.5. The molecular weight excluding hydrogens is 116 g/mol. The van der Waals surface area contributed by atoms with Gasteiger partial charge in [-0.3, -0.25) is 4.79 Å². The van der Waals surface area contributed by atoms with E-state index >= 15 is 0 Å². The van der Waals surface area contributed by atoms with Crippen molar-refractivity contribution >= 4 is 5.97 Å². The first kappa shape index (κ1) is 6.15. The van der Waals surface area contributed by atoms with Crippen LogP contribution in [0.25, 0.3) is 0 Å². The molecule has 0 bridgehead atoms. The largest absolute Gasteiger partial charge is 0.449 e. The second-order valence-corrected chi connectivity index (χ2v) is 2.26. The smallest absolute Gasteiger partial charge is 0.307 e. The Morgan fingerprint density at radius 3 is 2.78 bits per heavy atom. The summed E-state index contributed by atoms with van der Waals surface area (Å²) in [5.41, 5.74) is 0.